The van der Waals surface area contributed by atoms with Gasteiger partial charge in [-0.2, -0.15) is 0 Å². The van der Waals surface area contributed by atoms with E-state index in [9.17, 15) is 5.11 Å². The molecule has 11 heavy (non-hydrogen) atoms. The van der Waals surface area contributed by atoms with Crippen LogP contribution in [0.4, 0.5) is 0 Å². The summed E-state index contributed by atoms with van der Waals surface area (Å²) in [5, 5.41) is 9.20. The molecule has 0 unspecified atom stereocenters. The lowest BCUT2D eigenvalue weighted by Gasteiger charge is -1.99. The summed E-state index contributed by atoms with van der Waals surface area (Å²) in [6.07, 6.45) is 1.52. The molecule has 0 aromatic carbocycles. The van der Waals surface area contributed by atoms with Crippen LogP contribution in [0.15, 0.2) is 16.7 Å². The van der Waals surface area contributed by atoms with Gasteiger partial charge in [0, 0.05) is 10.7 Å². The maximum atomic E-state index is 9.20. The third kappa shape index (κ3) is 1.87. The van der Waals surface area contributed by atoms with Gasteiger partial charge in [0.15, 0.2) is 0 Å². The van der Waals surface area contributed by atoms with Crippen LogP contribution in [0.3, 0.4) is 0 Å². The molecule has 0 atom stereocenters. The molecule has 0 aliphatic rings. The van der Waals surface area contributed by atoms with Crippen molar-refractivity contribution in [3.05, 3.63) is 22.4 Å². The Labute approximate surface area is 77.4 Å². The standard InChI is InChI=1S/C6H5BrN2OS/c7-3-1-4(10)5(6(8)11)9-2-3/h1-2,10H,(H2,8,11). The van der Waals surface area contributed by atoms with Gasteiger partial charge in [0.25, 0.3) is 0 Å². The van der Waals surface area contributed by atoms with Crippen molar-refractivity contribution in [2.75, 3.05) is 0 Å². The second-order valence-electron chi connectivity index (χ2n) is 1.89. The molecule has 1 heterocycles. The number of pyridine rings is 1. The van der Waals surface area contributed by atoms with E-state index in [2.05, 4.69) is 33.1 Å². The van der Waals surface area contributed by atoms with Crippen LogP contribution >= 0.6 is 28.1 Å². The van der Waals surface area contributed by atoms with Gasteiger partial charge < -0.3 is 10.8 Å². The molecular formula is C6H5BrN2OS. The first-order chi connectivity index (χ1) is 5.11. The largest absolute Gasteiger partial charge is 0.506 e. The van der Waals surface area contributed by atoms with E-state index in [1.807, 2.05) is 0 Å². The van der Waals surface area contributed by atoms with Crippen molar-refractivity contribution in [2.45, 2.75) is 0 Å². The van der Waals surface area contributed by atoms with E-state index in [1.54, 1.807) is 0 Å². The fourth-order valence-electron chi connectivity index (χ4n) is 0.618. The number of aromatic hydroxyl groups is 1. The molecule has 0 saturated heterocycles. The highest BCUT2D eigenvalue weighted by molar-refractivity contribution is 9.10. The summed E-state index contributed by atoms with van der Waals surface area (Å²) in [7, 11) is 0. The van der Waals surface area contributed by atoms with Crippen LogP contribution in [0.25, 0.3) is 0 Å². The second kappa shape index (κ2) is 3.15. The summed E-state index contributed by atoms with van der Waals surface area (Å²) in [6, 6.07) is 1.49. The molecule has 0 aliphatic carbocycles. The molecular weight excluding hydrogens is 228 g/mol. The van der Waals surface area contributed by atoms with Crippen LogP contribution in [0.5, 0.6) is 5.75 Å². The molecule has 0 spiro atoms. The van der Waals surface area contributed by atoms with Gasteiger partial charge in [0.1, 0.15) is 16.4 Å². The average molecular weight is 233 g/mol. The van der Waals surface area contributed by atoms with E-state index in [-0.39, 0.29) is 16.4 Å². The molecule has 1 aromatic heterocycles. The zero-order valence-electron chi connectivity index (χ0n) is 5.41. The quantitative estimate of drug-likeness (QED) is 0.715. The molecule has 5 heteroatoms. The first kappa shape index (κ1) is 8.42. The molecule has 58 valence electrons. The van der Waals surface area contributed by atoms with E-state index in [4.69, 9.17) is 5.73 Å². The minimum atomic E-state index is -0.00752. The van der Waals surface area contributed by atoms with E-state index in [0.717, 1.165) is 0 Å². The number of hydrogen-bond acceptors (Lipinski definition) is 3. The van der Waals surface area contributed by atoms with Crippen LogP contribution < -0.4 is 5.73 Å². The number of hydrogen-bond donors (Lipinski definition) is 2. The number of nitrogens with zero attached hydrogens (tertiary/aromatic N) is 1. The molecule has 3 nitrogen and oxygen atoms in total. The van der Waals surface area contributed by atoms with Crippen molar-refractivity contribution >= 4 is 33.1 Å². The lowest BCUT2D eigenvalue weighted by Crippen LogP contribution is -2.11. The minimum Gasteiger partial charge on any atom is -0.506 e. The SMILES string of the molecule is NC(=S)c1ncc(Br)cc1O. The van der Waals surface area contributed by atoms with Gasteiger partial charge in [-0.3, -0.25) is 0 Å². The van der Waals surface area contributed by atoms with Gasteiger partial charge in [0.05, 0.1) is 0 Å². The molecule has 0 saturated carbocycles. The average Bonchev–Trinajstić information content (AvgIpc) is 1.85. The third-order valence-electron chi connectivity index (χ3n) is 1.07. The topological polar surface area (TPSA) is 59.1 Å². The van der Waals surface area contributed by atoms with Crippen molar-refractivity contribution in [1.29, 1.82) is 0 Å². The van der Waals surface area contributed by atoms with Gasteiger partial charge in [0.2, 0.25) is 0 Å². The van der Waals surface area contributed by atoms with Crippen molar-refractivity contribution < 1.29 is 5.11 Å². The number of aromatic nitrogens is 1. The summed E-state index contributed by atoms with van der Waals surface area (Å²) in [5.74, 6) is -0.00752. The third-order valence-corrected chi connectivity index (χ3v) is 1.69. The van der Waals surface area contributed by atoms with Crippen molar-refractivity contribution in [3.63, 3.8) is 0 Å². The predicted octanol–water partition coefficient (Wildman–Crippen LogP) is 1.18. The maximum absolute atomic E-state index is 9.20. The smallest absolute Gasteiger partial charge is 0.145 e. The van der Waals surface area contributed by atoms with Crippen molar-refractivity contribution in [1.82, 2.24) is 4.98 Å². The van der Waals surface area contributed by atoms with Crippen LogP contribution in [0.2, 0.25) is 0 Å². The fourth-order valence-corrected chi connectivity index (χ4v) is 1.09. The summed E-state index contributed by atoms with van der Waals surface area (Å²) < 4.78 is 0.690. The van der Waals surface area contributed by atoms with Crippen molar-refractivity contribution in [3.8, 4) is 5.75 Å². The van der Waals surface area contributed by atoms with E-state index < -0.39 is 0 Å². The number of thiocarbonyl (C=S) groups is 1. The molecule has 0 radical (unpaired) electrons. The van der Waals surface area contributed by atoms with E-state index in [0.29, 0.717) is 4.47 Å². The molecule has 1 aromatic rings. The van der Waals surface area contributed by atoms with Crippen LogP contribution in [0.1, 0.15) is 5.69 Å². The van der Waals surface area contributed by atoms with Crippen LogP contribution in [0, 0.1) is 0 Å². The number of nitrogens with two attached hydrogens (primary N) is 1. The Morgan fingerprint density at radius 1 is 1.73 bits per heavy atom. The highest BCUT2D eigenvalue weighted by Crippen LogP contribution is 2.19. The van der Waals surface area contributed by atoms with Crippen LogP contribution in [-0.2, 0) is 0 Å². The molecule has 1 rings (SSSR count). The van der Waals surface area contributed by atoms with Gasteiger partial charge in [-0.25, -0.2) is 4.98 Å². The molecule has 0 bridgehead atoms. The Hall–Kier alpha value is -0.680. The maximum Gasteiger partial charge on any atom is 0.145 e. The Kier molecular flexibility index (Phi) is 2.41. The highest BCUT2D eigenvalue weighted by Gasteiger charge is 2.04. The van der Waals surface area contributed by atoms with Gasteiger partial charge in [-0.05, 0) is 22.0 Å². The molecule has 3 N–H and O–H groups in total. The Morgan fingerprint density at radius 3 is 2.82 bits per heavy atom. The number of halogens is 1. The van der Waals surface area contributed by atoms with E-state index in [1.165, 1.54) is 12.3 Å². The lowest BCUT2D eigenvalue weighted by atomic mass is 10.3. The zero-order chi connectivity index (χ0) is 8.43. The summed E-state index contributed by atoms with van der Waals surface area (Å²) in [6.45, 7) is 0. The van der Waals surface area contributed by atoms with E-state index >= 15 is 0 Å². The highest BCUT2D eigenvalue weighted by atomic mass is 79.9. The summed E-state index contributed by atoms with van der Waals surface area (Å²) >= 11 is 7.77. The number of rotatable bonds is 1. The summed E-state index contributed by atoms with van der Waals surface area (Å²) in [4.78, 5) is 3.91. The second-order valence-corrected chi connectivity index (χ2v) is 3.24. The van der Waals surface area contributed by atoms with Crippen molar-refractivity contribution in [2.24, 2.45) is 5.73 Å². The zero-order valence-corrected chi connectivity index (χ0v) is 7.82. The fraction of sp³-hybridized carbons (Fsp3) is 0. The molecule has 0 amide bonds. The first-order valence-electron chi connectivity index (χ1n) is 2.75. The summed E-state index contributed by atoms with van der Waals surface area (Å²) in [5.41, 5.74) is 5.51. The molecule has 0 fully saturated rings. The Morgan fingerprint density at radius 2 is 2.36 bits per heavy atom. The predicted molar refractivity (Wildman–Crippen MR) is 49.5 cm³/mol. The first-order valence-corrected chi connectivity index (χ1v) is 3.95. The van der Waals surface area contributed by atoms with Gasteiger partial charge in [-0.15, -0.1) is 0 Å². The Balaban J connectivity index is 3.20. The molecule has 0 aliphatic heterocycles. The minimum absolute atomic E-state index is 0.00752. The van der Waals surface area contributed by atoms with Gasteiger partial charge in [-0.1, -0.05) is 12.2 Å². The Bertz CT molecular complexity index is 303. The normalized spacial score (nSPS) is 9.55. The lowest BCUT2D eigenvalue weighted by molar-refractivity contribution is 0.471. The van der Waals surface area contributed by atoms with Crippen LogP contribution in [-0.4, -0.2) is 15.1 Å². The van der Waals surface area contributed by atoms with Gasteiger partial charge >= 0.3 is 0 Å². The monoisotopic (exact) mass is 232 g/mol.